The normalized spacial score (nSPS) is 9.79. The maximum Gasteiger partial charge on any atom is 0.240 e. The lowest BCUT2D eigenvalue weighted by Gasteiger charge is -2.00. The molecule has 0 aliphatic heterocycles. The zero-order chi connectivity index (χ0) is 9.97. The third-order valence-corrected chi connectivity index (χ3v) is 2.12. The fraction of sp³-hybridized carbons (Fsp3) is 0.0909. The van der Waals surface area contributed by atoms with E-state index in [0.717, 1.165) is 16.5 Å². The van der Waals surface area contributed by atoms with Crippen molar-refractivity contribution in [2.45, 2.75) is 6.92 Å². The highest BCUT2D eigenvalue weighted by atomic mass is 16.1. The quantitative estimate of drug-likeness (QED) is 0.504. The number of aryl methyl sites for hydroxylation is 1. The molecule has 1 aromatic heterocycles. The molecule has 0 radical (unpaired) electrons. The summed E-state index contributed by atoms with van der Waals surface area (Å²) in [5.74, 6) is 0. The van der Waals surface area contributed by atoms with Gasteiger partial charge in [-0.1, -0.05) is 6.07 Å². The van der Waals surface area contributed by atoms with Crippen molar-refractivity contribution >= 4 is 22.7 Å². The Balaban J connectivity index is 2.73. The minimum Gasteiger partial charge on any atom is -0.256 e. The molecule has 0 saturated heterocycles. The van der Waals surface area contributed by atoms with Gasteiger partial charge < -0.3 is 0 Å². The Labute approximate surface area is 81.1 Å². The molecule has 2 aromatic rings. The van der Waals surface area contributed by atoms with Crippen molar-refractivity contribution in [3.8, 4) is 0 Å². The smallest absolute Gasteiger partial charge is 0.240 e. The third-order valence-electron chi connectivity index (χ3n) is 2.12. The minimum atomic E-state index is 0.589. The molecule has 0 N–H and O–H groups in total. The van der Waals surface area contributed by atoms with E-state index in [4.69, 9.17) is 0 Å². The number of aliphatic imine (C=N–C) groups is 1. The summed E-state index contributed by atoms with van der Waals surface area (Å²) >= 11 is 0. The Bertz CT molecular complexity index is 528. The summed E-state index contributed by atoms with van der Waals surface area (Å²) in [6.45, 7) is 2.02. The Morgan fingerprint density at radius 2 is 2.21 bits per heavy atom. The zero-order valence-electron chi connectivity index (χ0n) is 7.69. The fourth-order valence-electron chi connectivity index (χ4n) is 1.40. The first kappa shape index (κ1) is 8.60. The molecule has 3 nitrogen and oxygen atoms in total. The van der Waals surface area contributed by atoms with Crippen molar-refractivity contribution in [2.24, 2.45) is 4.99 Å². The molecule has 0 bridgehead atoms. The van der Waals surface area contributed by atoms with Gasteiger partial charge in [-0.3, -0.25) is 4.98 Å². The highest BCUT2D eigenvalue weighted by Crippen LogP contribution is 2.21. The molecule has 1 heterocycles. The average Bonchev–Trinajstić information content (AvgIpc) is 2.18. The fourth-order valence-corrected chi connectivity index (χ4v) is 1.40. The average molecular weight is 184 g/mol. The Morgan fingerprint density at radius 1 is 1.36 bits per heavy atom. The van der Waals surface area contributed by atoms with Crippen molar-refractivity contribution < 1.29 is 4.79 Å². The number of aromatic nitrogens is 1. The molecule has 0 amide bonds. The van der Waals surface area contributed by atoms with E-state index in [1.54, 1.807) is 18.3 Å². The van der Waals surface area contributed by atoms with Gasteiger partial charge >= 0.3 is 0 Å². The summed E-state index contributed by atoms with van der Waals surface area (Å²) in [5, 5.41) is 1.08. The van der Waals surface area contributed by atoms with Gasteiger partial charge in [0, 0.05) is 11.6 Å². The van der Waals surface area contributed by atoms with Gasteiger partial charge in [0.1, 0.15) is 0 Å². The molecule has 0 atom stereocenters. The molecule has 0 spiro atoms. The van der Waals surface area contributed by atoms with Crippen molar-refractivity contribution in [1.82, 2.24) is 4.98 Å². The lowest BCUT2D eigenvalue weighted by Crippen LogP contribution is -1.81. The summed E-state index contributed by atoms with van der Waals surface area (Å²) in [4.78, 5) is 17.8. The first-order valence-corrected chi connectivity index (χ1v) is 4.24. The van der Waals surface area contributed by atoms with Gasteiger partial charge in [0.05, 0.1) is 11.2 Å². The first-order valence-electron chi connectivity index (χ1n) is 4.24. The van der Waals surface area contributed by atoms with Crippen LogP contribution in [0.5, 0.6) is 0 Å². The predicted molar refractivity (Wildman–Crippen MR) is 54.3 cm³/mol. The Hall–Kier alpha value is -1.99. The van der Waals surface area contributed by atoms with E-state index >= 15 is 0 Å². The van der Waals surface area contributed by atoms with Crippen LogP contribution in [0, 0.1) is 6.92 Å². The van der Waals surface area contributed by atoms with Gasteiger partial charge in [0.2, 0.25) is 6.08 Å². The number of nitrogens with zero attached hydrogens (tertiary/aromatic N) is 2. The van der Waals surface area contributed by atoms with Crippen LogP contribution in [0.4, 0.5) is 5.69 Å². The topological polar surface area (TPSA) is 42.3 Å². The second-order valence-electron chi connectivity index (χ2n) is 3.03. The van der Waals surface area contributed by atoms with Gasteiger partial charge in [0.25, 0.3) is 0 Å². The molecule has 0 unspecified atom stereocenters. The van der Waals surface area contributed by atoms with Gasteiger partial charge in [-0.25, -0.2) is 4.79 Å². The SMILES string of the molecule is Cc1ccnc2cc(N=C=O)ccc12. The second kappa shape index (κ2) is 3.40. The van der Waals surface area contributed by atoms with E-state index in [1.807, 2.05) is 19.1 Å². The van der Waals surface area contributed by atoms with E-state index in [2.05, 4.69) is 9.98 Å². The molecule has 0 saturated carbocycles. The van der Waals surface area contributed by atoms with Crippen LogP contribution in [0.25, 0.3) is 10.9 Å². The van der Waals surface area contributed by atoms with Gasteiger partial charge in [0.15, 0.2) is 0 Å². The Morgan fingerprint density at radius 3 is 3.00 bits per heavy atom. The number of hydrogen-bond acceptors (Lipinski definition) is 3. The largest absolute Gasteiger partial charge is 0.256 e. The molecule has 68 valence electrons. The number of isocyanates is 1. The van der Waals surface area contributed by atoms with E-state index in [9.17, 15) is 4.79 Å². The van der Waals surface area contributed by atoms with E-state index in [-0.39, 0.29) is 0 Å². The monoisotopic (exact) mass is 184 g/mol. The standard InChI is InChI=1S/C11H8N2O/c1-8-4-5-12-11-6-9(13-7-14)2-3-10(8)11/h2-6H,1H3. The number of hydrogen-bond donors (Lipinski definition) is 0. The van der Waals surface area contributed by atoms with Crippen LogP contribution in [0.1, 0.15) is 5.56 Å². The first-order chi connectivity index (χ1) is 6.81. The predicted octanol–water partition coefficient (Wildman–Crippen LogP) is 2.51. The summed E-state index contributed by atoms with van der Waals surface area (Å²) in [7, 11) is 0. The molecule has 0 fully saturated rings. The van der Waals surface area contributed by atoms with E-state index in [1.165, 1.54) is 6.08 Å². The molecule has 0 aliphatic carbocycles. The molecule has 0 aliphatic rings. The highest BCUT2D eigenvalue weighted by Gasteiger charge is 1.98. The van der Waals surface area contributed by atoms with Crippen LogP contribution in [0.15, 0.2) is 35.5 Å². The summed E-state index contributed by atoms with van der Waals surface area (Å²) in [5.41, 5.74) is 2.60. The van der Waals surface area contributed by atoms with Crippen molar-refractivity contribution in [1.29, 1.82) is 0 Å². The lowest BCUT2D eigenvalue weighted by atomic mass is 10.1. The van der Waals surface area contributed by atoms with Gasteiger partial charge in [-0.05, 0) is 30.7 Å². The minimum absolute atomic E-state index is 0.589. The molecular formula is C11H8N2O. The number of fused-ring (bicyclic) bond motifs is 1. The summed E-state index contributed by atoms with van der Waals surface area (Å²) in [6.07, 6.45) is 3.25. The number of rotatable bonds is 1. The van der Waals surface area contributed by atoms with Crippen LogP contribution in [0.3, 0.4) is 0 Å². The number of benzene rings is 1. The third kappa shape index (κ3) is 1.41. The van der Waals surface area contributed by atoms with Gasteiger partial charge in [-0.2, -0.15) is 4.99 Å². The molecule has 2 rings (SSSR count). The Kier molecular flexibility index (Phi) is 2.09. The maximum absolute atomic E-state index is 10.1. The van der Waals surface area contributed by atoms with Crippen LogP contribution in [-0.2, 0) is 4.79 Å². The molecule has 1 aromatic carbocycles. The summed E-state index contributed by atoms with van der Waals surface area (Å²) in [6, 6.07) is 7.41. The van der Waals surface area contributed by atoms with Crippen LogP contribution in [0.2, 0.25) is 0 Å². The zero-order valence-corrected chi connectivity index (χ0v) is 7.69. The van der Waals surface area contributed by atoms with Crippen LogP contribution < -0.4 is 0 Å². The lowest BCUT2D eigenvalue weighted by molar-refractivity contribution is 0.565. The maximum atomic E-state index is 10.1. The van der Waals surface area contributed by atoms with Crippen molar-refractivity contribution in [3.05, 3.63) is 36.0 Å². The number of pyridine rings is 1. The summed E-state index contributed by atoms with van der Waals surface area (Å²) < 4.78 is 0. The number of carbonyl (C=O) groups excluding carboxylic acids is 1. The molecule has 14 heavy (non-hydrogen) atoms. The molecule has 3 heteroatoms. The molecular weight excluding hydrogens is 176 g/mol. The van der Waals surface area contributed by atoms with Crippen LogP contribution in [-0.4, -0.2) is 11.1 Å². The van der Waals surface area contributed by atoms with Gasteiger partial charge in [-0.15, -0.1) is 0 Å². The van der Waals surface area contributed by atoms with E-state index in [0.29, 0.717) is 5.69 Å². The second-order valence-corrected chi connectivity index (χ2v) is 3.03. The van der Waals surface area contributed by atoms with Crippen molar-refractivity contribution in [2.75, 3.05) is 0 Å². The van der Waals surface area contributed by atoms with E-state index < -0.39 is 0 Å². The van der Waals surface area contributed by atoms with Crippen molar-refractivity contribution in [3.63, 3.8) is 0 Å². The highest BCUT2D eigenvalue weighted by molar-refractivity contribution is 5.84. The van der Waals surface area contributed by atoms with Crippen LogP contribution >= 0.6 is 0 Å².